The molecule has 1 aliphatic heterocycles. The topological polar surface area (TPSA) is 57.8 Å². The summed E-state index contributed by atoms with van der Waals surface area (Å²) in [5.41, 5.74) is 7.36. The number of benzene rings is 1. The predicted molar refractivity (Wildman–Crippen MR) is 107 cm³/mol. The van der Waals surface area contributed by atoms with Gasteiger partial charge in [0.2, 0.25) is 0 Å². The molecule has 2 heterocycles. The van der Waals surface area contributed by atoms with Gasteiger partial charge in [0, 0.05) is 50.6 Å². The fourth-order valence-corrected chi connectivity index (χ4v) is 3.16. The highest BCUT2D eigenvalue weighted by Gasteiger charge is 2.26. The molecule has 1 aromatic carbocycles. The molecule has 0 saturated carbocycles. The molecule has 1 aromatic heterocycles. The van der Waals surface area contributed by atoms with Crippen LogP contribution in [0, 0.1) is 0 Å². The minimum absolute atomic E-state index is 0.0192. The minimum Gasteiger partial charge on any atom is -0.382 e. The number of piperazine rings is 1. The van der Waals surface area contributed by atoms with E-state index in [4.69, 9.17) is 18.0 Å². The number of halogens is 2. The molecule has 0 unspecified atom stereocenters. The van der Waals surface area contributed by atoms with E-state index < -0.39 is 5.92 Å². The molecule has 2 aromatic rings. The van der Waals surface area contributed by atoms with E-state index >= 15 is 0 Å². The SMILES string of the molecule is CC(F)(F)c1cccc(N2CCN(C(=S)N=C(N)c3ccccn3)CC2)c1. The molecule has 1 saturated heterocycles. The van der Waals surface area contributed by atoms with E-state index in [1.54, 1.807) is 30.5 Å². The van der Waals surface area contributed by atoms with Crippen molar-refractivity contribution in [2.75, 3.05) is 31.1 Å². The molecule has 2 N–H and O–H groups in total. The van der Waals surface area contributed by atoms with Gasteiger partial charge in [0.25, 0.3) is 5.92 Å². The normalized spacial score (nSPS) is 15.7. The van der Waals surface area contributed by atoms with Gasteiger partial charge in [-0.1, -0.05) is 18.2 Å². The maximum atomic E-state index is 13.6. The highest BCUT2D eigenvalue weighted by Crippen LogP contribution is 2.30. The summed E-state index contributed by atoms with van der Waals surface area (Å²) in [6.45, 7) is 3.53. The molecule has 0 spiro atoms. The van der Waals surface area contributed by atoms with E-state index in [1.165, 1.54) is 6.07 Å². The zero-order chi connectivity index (χ0) is 19.4. The Bertz CT molecular complexity index is 827. The molecule has 0 amide bonds. The maximum absolute atomic E-state index is 13.6. The van der Waals surface area contributed by atoms with Crippen LogP contribution in [0.1, 0.15) is 18.2 Å². The Morgan fingerprint density at radius 1 is 1.15 bits per heavy atom. The summed E-state index contributed by atoms with van der Waals surface area (Å²) in [5.74, 6) is -2.57. The van der Waals surface area contributed by atoms with E-state index in [0.29, 0.717) is 37.0 Å². The summed E-state index contributed by atoms with van der Waals surface area (Å²) in [6, 6.07) is 11.9. The number of thiocarbonyl (C=S) groups is 1. The molecule has 0 radical (unpaired) electrons. The molecule has 142 valence electrons. The maximum Gasteiger partial charge on any atom is 0.270 e. The fraction of sp³-hybridized carbons (Fsp3) is 0.316. The number of hydrogen-bond acceptors (Lipinski definition) is 3. The number of nitrogens with zero attached hydrogens (tertiary/aromatic N) is 4. The van der Waals surface area contributed by atoms with E-state index in [0.717, 1.165) is 12.6 Å². The smallest absolute Gasteiger partial charge is 0.270 e. The van der Waals surface area contributed by atoms with Crippen molar-refractivity contribution in [1.29, 1.82) is 0 Å². The van der Waals surface area contributed by atoms with Crippen LogP contribution in [-0.4, -0.2) is 47.0 Å². The average Bonchev–Trinajstić information content (AvgIpc) is 2.68. The average molecular weight is 389 g/mol. The zero-order valence-corrected chi connectivity index (χ0v) is 15.8. The molecule has 5 nitrogen and oxygen atoms in total. The van der Waals surface area contributed by atoms with Crippen molar-refractivity contribution in [2.45, 2.75) is 12.8 Å². The van der Waals surface area contributed by atoms with Crippen LogP contribution in [-0.2, 0) is 5.92 Å². The first-order valence-electron chi connectivity index (χ1n) is 8.62. The Labute approximate surface area is 162 Å². The van der Waals surface area contributed by atoms with Crippen LogP contribution in [0.25, 0.3) is 0 Å². The van der Waals surface area contributed by atoms with Gasteiger partial charge >= 0.3 is 0 Å². The lowest BCUT2D eigenvalue weighted by molar-refractivity contribution is 0.0175. The van der Waals surface area contributed by atoms with Gasteiger partial charge in [0.05, 0.1) is 0 Å². The third-order valence-corrected chi connectivity index (χ3v) is 4.76. The Morgan fingerprint density at radius 3 is 2.52 bits per heavy atom. The summed E-state index contributed by atoms with van der Waals surface area (Å²) in [4.78, 5) is 12.5. The van der Waals surface area contributed by atoms with E-state index in [-0.39, 0.29) is 11.4 Å². The second kappa shape index (κ2) is 7.96. The first-order chi connectivity index (χ1) is 12.8. The summed E-state index contributed by atoms with van der Waals surface area (Å²) >= 11 is 5.39. The van der Waals surface area contributed by atoms with Crippen molar-refractivity contribution < 1.29 is 8.78 Å². The number of hydrogen-bond donors (Lipinski definition) is 1. The van der Waals surface area contributed by atoms with Gasteiger partial charge in [-0.3, -0.25) is 4.98 Å². The summed E-state index contributed by atoms with van der Waals surface area (Å²) in [6.07, 6.45) is 1.65. The standard InChI is InChI=1S/C19H21F2N5S/c1-19(20,21)14-5-4-6-15(13-14)25-9-11-26(12-10-25)18(27)24-17(22)16-7-2-3-8-23-16/h2-8,13H,9-12H2,1H3,(H2,22,24,27). The molecular formula is C19H21F2N5S. The van der Waals surface area contributed by atoms with Crippen LogP contribution < -0.4 is 10.6 Å². The largest absolute Gasteiger partial charge is 0.382 e. The molecule has 0 bridgehead atoms. The number of pyridine rings is 1. The molecule has 3 rings (SSSR count). The molecule has 1 aliphatic rings. The van der Waals surface area contributed by atoms with Gasteiger partial charge in [0.1, 0.15) is 5.69 Å². The number of aliphatic imine (C=N–C) groups is 1. The van der Waals surface area contributed by atoms with Gasteiger partial charge < -0.3 is 15.5 Å². The lowest BCUT2D eigenvalue weighted by Gasteiger charge is -2.36. The Balaban J connectivity index is 1.63. The van der Waals surface area contributed by atoms with Crippen molar-refractivity contribution in [3.63, 3.8) is 0 Å². The van der Waals surface area contributed by atoms with Crippen molar-refractivity contribution in [1.82, 2.24) is 9.88 Å². The lowest BCUT2D eigenvalue weighted by atomic mass is 10.1. The van der Waals surface area contributed by atoms with E-state index in [2.05, 4.69) is 14.9 Å². The molecule has 27 heavy (non-hydrogen) atoms. The highest BCUT2D eigenvalue weighted by atomic mass is 32.1. The third kappa shape index (κ3) is 4.77. The monoisotopic (exact) mass is 389 g/mol. The van der Waals surface area contributed by atoms with Crippen LogP contribution in [0.5, 0.6) is 0 Å². The number of aromatic nitrogens is 1. The molecule has 0 atom stereocenters. The second-order valence-electron chi connectivity index (χ2n) is 6.41. The van der Waals surface area contributed by atoms with Gasteiger partial charge in [-0.05, 0) is 36.5 Å². The second-order valence-corrected chi connectivity index (χ2v) is 6.77. The van der Waals surface area contributed by atoms with E-state index in [1.807, 2.05) is 17.0 Å². The Kier molecular flexibility index (Phi) is 5.65. The zero-order valence-electron chi connectivity index (χ0n) is 15.0. The molecule has 8 heteroatoms. The van der Waals surface area contributed by atoms with Crippen LogP contribution in [0.3, 0.4) is 0 Å². The quantitative estimate of drug-likeness (QED) is 0.497. The number of nitrogens with two attached hydrogens (primary N) is 1. The van der Waals surface area contributed by atoms with Gasteiger partial charge in [0.15, 0.2) is 10.9 Å². The highest BCUT2D eigenvalue weighted by molar-refractivity contribution is 7.80. The number of rotatable bonds is 3. The predicted octanol–water partition coefficient (Wildman–Crippen LogP) is 3.01. The third-order valence-electron chi connectivity index (χ3n) is 4.41. The minimum atomic E-state index is -2.85. The number of alkyl halides is 2. The lowest BCUT2D eigenvalue weighted by Crippen LogP contribution is -2.48. The fourth-order valence-electron chi connectivity index (χ4n) is 2.88. The van der Waals surface area contributed by atoms with Crippen molar-refractivity contribution in [3.05, 3.63) is 59.9 Å². The van der Waals surface area contributed by atoms with Gasteiger partial charge in [-0.15, -0.1) is 0 Å². The van der Waals surface area contributed by atoms with Crippen LogP contribution in [0.4, 0.5) is 14.5 Å². The summed E-state index contributed by atoms with van der Waals surface area (Å²) in [7, 11) is 0. The Hall–Kier alpha value is -2.61. The van der Waals surface area contributed by atoms with Crippen molar-refractivity contribution in [3.8, 4) is 0 Å². The van der Waals surface area contributed by atoms with Crippen molar-refractivity contribution >= 4 is 28.9 Å². The van der Waals surface area contributed by atoms with Gasteiger partial charge in [-0.2, -0.15) is 0 Å². The number of anilines is 1. The first-order valence-corrected chi connectivity index (χ1v) is 9.03. The Morgan fingerprint density at radius 2 is 1.89 bits per heavy atom. The van der Waals surface area contributed by atoms with Crippen LogP contribution in [0.15, 0.2) is 53.7 Å². The molecule has 1 fully saturated rings. The number of amidine groups is 1. The van der Waals surface area contributed by atoms with Crippen molar-refractivity contribution in [2.24, 2.45) is 10.7 Å². The summed E-state index contributed by atoms with van der Waals surface area (Å²) < 4.78 is 27.1. The molecular weight excluding hydrogens is 368 g/mol. The van der Waals surface area contributed by atoms with E-state index in [9.17, 15) is 8.78 Å². The summed E-state index contributed by atoms with van der Waals surface area (Å²) in [5, 5.41) is 0.409. The molecule has 0 aliphatic carbocycles. The van der Waals surface area contributed by atoms with Crippen LogP contribution >= 0.6 is 12.2 Å². The first kappa shape index (κ1) is 19.2. The van der Waals surface area contributed by atoms with Gasteiger partial charge in [-0.25, -0.2) is 13.8 Å². The van der Waals surface area contributed by atoms with Crippen LogP contribution in [0.2, 0.25) is 0 Å².